The molecule has 28 heavy (non-hydrogen) atoms. The summed E-state index contributed by atoms with van der Waals surface area (Å²) in [6.45, 7) is 5.93. The molecular formula is C21H22N6O. The van der Waals surface area contributed by atoms with Crippen molar-refractivity contribution in [1.82, 2.24) is 15.0 Å². The quantitative estimate of drug-likeness (QED) is 0.619. The van der Waals surface area contributed by atoms with Crippen LogP contribution < -0.4 is 20.7 Å². The third-order valence-corrected chi connectivity index (χ3v) is 4.54. The molecule has 0 spiro atoms. The topological polar surface area (TPSA) is 84.0 Å². The minimum atomic E-state index is 0.528. The van der Waals surface area contributed by atoms with E-state index in [1.807, 2.05) is 50.5 Å². The van der Waals surface area contributed by atoms with Gasteiger partial charge in [-0.15, -0.1) is 0 Å². The van der Waals surface area contributed by atoms with Gasteiger partial charge in [-0.25, -0.2) is 4.98 Å². The van der Waals surface area contributed by atoms with Crippen LogP contribution in [-0.2, 0) is 6.42 Å². The van der Waals surface area contributed by atoms with Gasteiger partial charge in [0.1, 0.15) is 11.6 Å². The largest absolute Gasteiger partial charge is 0.496 e. The summed E-state index contributed by atoms with van der Waals surface area (Å²) < 4.78 is 5.55. The molecule has 1 aromatic carbocycles. The number of methoxy groups -OCH3 is 1. The molecular weight excluding hydrogens is 352 g/mol. The summed E-state index contributed by atoms with van der Waals surface area (Å²) in [6, 6.07) is 9.74. The van der Waals surface area contributed by atoms with Crippen molar-refractivity contribution < 1.29 is 4.74 Å². The monoisotopic (exact) mass is 374 g/mol. The highest BCUT2D eigenvalue weighted by atomic mass is 16.5. The lowest BCUT2D eigenvalue weighted by molar-refractivity contribution is 0.416. The summed E-state index contributed by atoms with van der Waals surface area (Å²) in [4.78, 5) is 13.5. The van der Waals surface area contributed by atoms with Crippen LogP contribution in [0.1, 0.15) is 11.3 Å². The number of hydrogen-bond acceptors (Lipinski definition) is 7. The summed E-state index contributed by atoms with van der Waals surface area (Å²) in [7, 11) is 3.49. The number of nitrogens with zero attached hydrogens (tertiary/aromatic N) is 3. The summed E-state index contributed by atoms with van der Waals surface area (Å²) in [5.74, 6) is 2.03. The molecule has 142 valence electrons. The smallest absolute Gasteiger partial charge is 0.229 e. The number of aryl methyl sites for hydroxylation is 1. The Morgan fingerprint density at radius 1 is 1.18 bits per heavy atom. The molecule has 1 aliphatic heterocycles. The van der Waals surface area contributed by atoms with E-state index in [2.05, 4.69) is 37.5 Å². The molecule has 1 aliphatic rings. The van der Waals surface area contributed by atoms with Crippen molar-refractivity contribution in [2.45, 2.75) is 13.3 Å². The molecule has 0 amide bonds. The molecule has 0 bridgehead atoms. The number of ether oxygens (including phenoxy) is 1. The third-order valence-electron chi connectivity index (χ3n) is 4.54. The maximum Gasteiger partial charge on any atom is 0.229 e. The Morgan fingerprint density at radius 3 is 2.82 bits per heavy atom. The summed E-state index contributed by atoms with van der Waals surface area (Å²) >= 11 is 0. The standard InChI is InChI=1S/C21H22N6O/c1-12-7-14-11-23-18(10-17(14)24-12)16-9-15(5-6-19(16)28-4)26-21-25-13(2)8-20(22-3)27-21/h5-6,8-11,24H,1,7H2,2-4H3,(H2,22,25,26,27). The lowest BCUT2D eigenvalue weighted by Crippen LogP contribution is -2.02. The summed E-state index contributed by atoms with van der Waals surface area (Å²) in [5.41, 5.74) is 6.60. The fourth-order valence-corrected chi connectivity index (χ4v) is 3.22. The Labute approximate surface area is 163 Å². The van der Waals surface area contributed by atoms with Crippen molar-refractivity contribution in [3.8, 4) is 17.0 Å². The van der Waals surface area contributed by atoms with E-state index in [-0.39, 0.29) is 0 Å². The Kier molecular flexibility index (Phi) is 4.57. The van der Waals surface area contributed by atoms with Crippen LogP contribution in [0.5, 0.6) is 5.75 Å². The van der Waals surface area contributed by atoms with E-state index < -0.39 is 0 Å². The van der Waals surface area contributed by atoms with Crippen LogP contribution in [0.25, 0.3) is 11.3 Å². The highest BCUT2D eigenvalue weighted by molar-refractivity contribution is 5.77. The molecule has 7 nitrogen and oxygen atoms in total. The SMILES string of the molecule is C=C1Cc2cnc(-c3cc(Nc4nc(C)cc(NC)n4)ccc3OC)cc2N1. The molecule has 3 heterocycles. The van der Waals surface area contributed by atoms with Gasteiger partial charge in [-0.2, -0.15) is 4.98 Å². The Hall–Kier alpha value is -3.61. The molecule has 3 N–H and O–H groups in total. The Bertz CT molecular complexity index is 1060. The summed E-state index contributed by atoms with van der Waals surface area (Å²) in [5, 5.41) is 9.61. The van der Waals surface area contributed by atoms with Crippen LogP contribution in [0.15, 0.2) is 48.8 Å². The first-order chi connectivity index (χ1) is 13.6. The Morgan fingerprint density at radius 2 is 2.04 bits per heavy atom. The number of fused-ring (bicyclic) bond motifs is 1. The molecule has 0 aliphatic carbocycles. The van der Waals surface area contributed by atoms with Gasteiger partial charge in [0.2, 0.25) is 5.95 Å². The Balaban J connectivity index is 1.70. The fourth-order valence-electron chi connectivity index (χ4n) is 3.22. The predicted octanol–water partition coefficient (Wildman–Crippen LogP) is 4.12. The van der Waals surface area contributed by atoms with Crippen molar-refractivity contribution >= 4 is 23.1 Å². The van der Waals surface area contributed by atoms with Crippen molar-refractivity contribution in [2.75, 3.05) is 30.1 Å². The second-order valence-corrected chi connectivity index (χ2v) is 6.64. The highest BCUT2D eigenvalue weighted by Crippen LogP contribution is 2.36. The maximum absolute atomic E-state index is 5.55. The second-order valence-electron chi connectivity index (χ2n) is 6.64. The van der Waals surface area contributed by atoms with Gasteiger partial charge < -0.3 is 20.7 Å². The van der Waals surface area contributed by atoms with Crippen molar-refractivity contribution in [3.63, 3.8) is 0 Å². The lowest BCUT2D eigenvalue weighted by Gasteiger charge is -2.13. The van der Waals surface area contributed by atoms with Crippen LogP contribution >= 0.6 is 0 Å². The zero-order valence-electron chi connectivity index (χ0n) is 16.1. The highest BCUT2D eigenvalue weighted by Gasteiger charge is 2.17. The van der Waals surface area contributed by atoms with Gasteiger partial charge in [0.15, 0.2) is 0 Å². The van der Waals surface area contributed by atoms with E-state index in [4.69, 9.17) is 4.74 Å². The molecule has 0 saturated carbocycles. The van der Waals surface area contributed by atoms with Gasteiger partial charge in [-0.3, -0.25) is 4.98 Å². The number of allylic oxidation sites excluding steroid dienone is 1. The average Bonchev–Trinajstić information content (AvgIpc) is 3.06. The number of aromatic nitrogens is 3. The normalized spacial score (nSPS) is 12.3. The second kappa shape index (κ2) is 7.19. The van der Waals surface area contributed by atoms with E-state index >= 15 is 0 Å². The van der Waals surface area contributed by atoms with Gasteiger partial charge in [0.05, 0.1) is 12.8 Å². The van der Waals surface area contributed by atoms with Crippen molar-refractivity contribution in [2.24, 2.45) is 0 Å². The maximum atomic E-state index is 5.55. The van der Waals surface area contributed by atoms with Gasteiger partial charge in [0, 0.05) is 54.1 Å². The van der Waals surface area contributed by atoms with Crippen LogP contribution in [-0.4, -0.2) is 29.1 Å². The van der Waals surface area contributed by atoms with E-state index in [9.17, 15) is 0 Å². The fraction of sp³-hybridized carbons (Fsp3) is 0.190. The minimum absolute atomic E-state index is 0.528. The molecule has 3 aromatic rings. The van der Waals surface area contributed by atoms with Crippen LogP contribution in [0, 0.1) is 6.92 Å². The first kappa shape index (κ1) is 17.8. The molecule has 4 rings (SSSR count). The molecule has 0 radical (unpaired) electrons. The molecule has 7 heteroatoms. The van der Waals surface area contributed by atoms with Crippen molar-refractivity contribution in [3.05, 3.63) is 60.1 Å². The van der Waals surface area contributed by atoms with Crippen LogP contribution in [0.2, 0.25) is 0 Å². The minimum Gasteiger partial charge on any atom is -0.496 e. The summed E-state index contributed by atoms with van der Waals surface area (Å²) in [6.07, 6.45) is 2.69. The number of benzene rings is 1. The lowest BCUT2D eigenvalue weighted by atomic mass is 10.1. The number of nitrogens with one attached hydrogen (secondary N) is 3. The van der Waals surface area contributed by atoms with Gasteiger partial charge >= 0.3 is 0 Å². The van der Waals surface area contributed by atoms with Gasteiger partial charge in [0.25, 0.3) is 0 Å². The predicted molar refractivity (Wildman–Crippen MR) is 112 cm³/mol. The molecule has 2 aromatic heterocycles. The number of pyridine rings is 1. The number of hydrogen-bond donors (Lipinski definition) is 3. The first-order valence-corrected chi connectivity index (χ1v) is 8.98. The van der Waals surface area contributed by atoms with E-state index in [0.717, 1.165) is 57.6 Å². The van der Waals surface area contributed by atoms with Crippen molar-refractivity contribution in [1.29, 1.82) is 0 Å². The average molecular weight is 374 g/mol. The molecule has 0 saturated heterocycles. The molecule has 0 unspecified atom stereocenters. The number of rotatable bonds is 5. The van der Waals surface area contributed by atoms with Gasteiger partial charge in [-0.05, 0) is 36.8 Å². The van der Waals surface area contributed by atoms with E-state index in [0.29, 0.717) is 5.95 Å². The number of anilines is 4. The third kappa shape index (κ3) is 3.46. The first-order valence-electron chi connectivity index (χ1n) is 8.98. The molecule has 0 fully saturated rings. The zero-order valence-corrected chi connectivity index (χ0v) is 16.1. The zero-order chi connectivity index (χ0) is 19.7. The van der Waals surface area contributed by atoms with E-state index in [1.54, 1.807) is 7.11 Å². The van der Waals surface area contributed by atoms with Crippen LogP contribution in [0.3, 0.4) is 0 Å². The molecule has 0 atom stereocenters. The van der Waals surface area contributed by atoms with E-state index in [1.165, 1.54) is 0 Å². The van der Waals surface area contributed by atoms with Crippen LogP contribution in [0.4, 0.5) is 23.1 Å². The van der Waals surface area contributed by atoms with Gasteiger partial charge in [-0.1, -0.05) is 6.58 Å².